The minimum atomic E-state index is -3.74. The lowest BCUT2D eigenvalue weighted by Gasteiger charge is -2.15. The van der Waals surface area contributed by atoms with Gasteiger partial charge in [0.1, 0.15) is 11.5 Å². The van der Waals surface area contributed by atoms with E-state index in [1.54, 1.807) is 37.3 Å². The van der Waals surface area contributed by atoms with E-state index in [0.29, 0.717) is 17.1 Å². The van der Waals surface area contributed by atoms with Gasteiger partial charge in [0, 0.05) is 11.6 Å². The maximum atomic E-state index is 12.5. The van der Waals surface area contributed by atoms with Crippen LogP contribution in [0, 0.1) is 0 Å². The Balaban J connectivity index is 2.17. The van der Waals surface area contributed by atoms with Gasteiger partial charge in [-0.25, -0.2) is 13.6 Å². The SMILES string of the molecule is COc1cc(OC)cc(C(=O)NC(C)c2ccc(S(N)(=O)=O)cc2)c1. The number of ether oxygens (including phenoxy) is 2. The zero-order valence-electron chi connectivity index (χ0n) is 14.1. The van der Waals surface area contributed by atoms with Crippen molar-refractivity contribution in [3.05, 3.63) is 53.6 Å². The molecule has 7 nitrogen and oxygen atoms in total. The molecule has 134 valence electrons. The van der Waals surface area contributed by atoms with Gasteiger partial charge >= 0.3 is 0 Å². The Bertz CT molecular complexity index is 841. The van der Waals surface area contributed by atoms with E-state index in [9.17, 15) is 13.2 Å². The zero-order chi connectivity index (χ0) is 18.6. The minimum Gasteiger partial charge on any atom is -0.497 e. The van der Waals surface area contributed by atoms with Crippen molar-refractivity contribution in [3.8, 4) is 11.5 Å². The van der Waals surface area contributed by atoms with Crippen LogP contribution in [0.25, 0.3) is 0 Å². The molecule has 2 aromatic carbocycles. The molecule has 0 bridgehead atoms. The number of hydrogen-bond donors (Lipinski definition) is 2. The smallest absolute Gasteiger partial charge is 0.252 e. The first-order valence-corrected chi connectivity index (χ1v) is 8.96. The fraction of sp³-hybridized carbons (Fsp3) is 0.235. The van der Waals surface area contributed by atoms with Crippen molar-refractivity contribution in [2.24, 2.45) is 5.14 Å². The molecular weight excluding hydrogens is 344 g/mol. The monoisotopic (exact) mass is 364 g/mol. The molecule has 0 spiro atoms. The predicted molar refractivity (Wildman–Crippen MR) is 93.2 cm³/mol. The highest BCUT2D eigenvalue weighted by Gasteiger charge is 2.15. The lowest BCUT2D eigenvalue weighted by Crippen LogP contribution is -2.26. The molecular formula is C17H20N2O5S. The maximum Gasteiger partial charge on any atom is 0.252 e. The highest BCUT2D eigenvalue weighted by atomic mass is 32.2. The average Bonchev–Trinajstić information content (AvgIpc) is 2.60. The maximum absolute atomic E-state index is 12.5. The molecule has 1 atom stereocenters. The number of methoxy groups -OCH3 is 2. The molecule has 0 fully saturated rings. The third-order valence-electron chi connectivity index (χ3n) is 3.67. The van der Waals surface area contributed by atoms with Gasteiger partial charge in [0.05, 0.1) is 25.2 Å². The Kier molecular flexibility index (Phi) is 5.66. The summed E-state index contributed by atoms with van der Waals surface area (Å²) >= 11 is 0. The number of carbonyl (C=O) groups excluding carboxylic acids is 1. The molecule has 1 unspecified atom stereocenters. The van der Waals surface area contributed by atoms with Gasteiger partial charge in [-0.2, -0.15) is 0 Å². The molecule has 0 aliphatic rings. The molecule has 0 radical (unpaired) electrons. The topological polar surface area (TPSA) is 108 Å². The van der Waals surface area contributed by atoms with Gasteiger partial charge in [-0.3, -0.25) is 4.79 Å². The van der Waals surface area contributed by atoms with Crippen LogP contribution in [0.4, 0.5) is 0 Å². The molecule has 0 aliphatic heterocycles. The van der Waals surface area contributed by atoms with E-state index >= 15 is 0 Å². The Morgan fingerprint density at radius 1 is 1.04 bits per heavy atom. The number of amides is 1. The van der Waals surface area contributed by atoms with Crippen molar-refractivity contribution in [1.82, 2.24) is 5.32 Å². The number of rotatable bonds is 6. The zero-order valence-corrected chi connectivity index (χ0v) is 15.0. The first kappa shape index (κ1) is 18.8. The van der Waals surface area contributed by atoms with Gasteiger partial charge < -0.3 is 14.8 Å². The molecule has 2 rings (SSSR count). The van der Waals surface area contributed by atoms with Crippen molar-refractivity contribution < 1.29 is 22.7 Å². The van der Waals surface area contributed by atoms with Gasteiger partial charge in [-0.05, 0) is 36.8 Å². The molecule has 0 saturated heterocycles. The number of nitrogens with one attached hydrogen (secondary N) is 1. The van der Waals surface area contributed by atoms with Crippen molar-refractivity contribution in [2.75, 3.05) is 14.2 Å². The minimum absolute atomic E-state index is 0.0207. The summed E-state index contributed by atoms with van der Waals surface area (Å²) in [6.45, 7) is 1.79. The van der Waals surface area contributed by atoms with E-state index in [1.807, 2.05) is 0 Å². The summed E-state index contributed by atoms with van der Waals surface area (Å²) in [7, 11) is -0.730. The second-order valence-electron chi connectivity index (χ2n) is 5.41. The van der Waals surface area contributed by atoms with E-state index in [-0.39, 0.29) is 16.8 Å². The first-order valence-electron chi connectivity index (χ1n) is 7.41. The number of benzene rings is 2. The fourth-order valence-electron chi connectivity index (χ4n) is 2.25. The van der Waals surface area contributed by atoms with Crippen LogP contribution in [0.3, 0.4) is 0 Å². The largest absolute Gasteiger partial charge is 0.497 e. The average molecular weight is 364 g/mol. The van der Waals surface area contributed by atoms with Crippen molar-refractivity contribution in [3.63, 3.8) is 0 Å². The highest BCUT2D eigenvalue weighted by molar-refractivity contribution is 7.89. The highest BCUT2D eigenvalue weighted by Crippen LogP contribution is 2.23. The van der Waals surface area contributed by atoms with E-state index in [0.717, 1.165) is 5.56 Å². The summed E-state index contributed by atoms with van der Waals surface area (Å²) in [5.41, 5.74) is 1.14. The summed E-state index contributed by atoms with van der Waals surface area (Å²) < 4.78 is 32.9. The normalized spacial score (nSPS) is 12.3. The number of primary sulfonamides is 1. The second-order valence-corrected chi connectivity index (χ2v) is 6.97. The lowest BCUT2D eigenvalue weighted by molar-refractivity contribution is 0.0939. The lowest BCUT2D eigenvalue weighted by atomic mass is 10.1. The van der Waals surface area contributed by atoms with Crippen LogP contribution < -0.4 is 19.9 Å². The molecule has 2 aromatic rings. The van der Waals surface area contributed by atoms with E-state index in [1.165, 1.54) is 26.4 Å². The van der Waals surface area contributed by atoms with Crippen LogP contribution in [-0.4, -0.2) is 28.5 Å². The molecule has 8 heteroatoms. The van der Waals surface area contributed by atoms with Gasteiger partial charge in [-0.1, -0.05) is 12.1 Å². The quantitative estimate of drug-likeness (QED) is 0.813. The third kappa shape index (κ3) is 4.71. The Labute approximate surface area is 146 Å². The van der Waals surface area contributed by atoms with Crippen molar-refractivity contribution in [1.29, 1.82) is 0 Å². The first-order chi connectivity index (χ1) is 11.7. The van der Waals surface area contributed by atoms with Gasteiger partial charge in [0.15, 0.2) is 0 Å². The molecule has 1 amide bonds. The molecule has 0 aromatic heterocycles. The van der Waals surface area contributed by atoms with Crippen LogP contribution in [0.15, 0.2) is 47.4 Å². The number of hydrogen-bond acceptors (Lipinski definition) is 5. The summed E-state index contributed by atoms with van der Waals surface area (Å²) in [6, 6.07) is 10.6. The van der Waals surface area contributed by atoms with Gasteiger partial charge in [0.2, 0.25) is 10.0 Å². The van der Waals surface area contributed by atoms with Gasteiger partial charge in [-0.15, -0.1) is 0 Å². The third-order valence-corrected chi connectivity index (χ3v) is 4.60. The van der Waals surface area contributed by atoms with Crippen LogP contribution >= 0.6 is 0 Å². The van der Waals surface area contributed by atoms with E-state index in [4.69, 9.17) is 14.6 Å². The number of sulfonamides is 1. The number of carbonyl (C=O) groups is 1. The fourth-order valence-corrected chi connectivity index (χ4v) is 2.76. The molecule has 0 aliphatic carbocycles. The van der Waals surface area contributed by atoms with Crippen LogP contribution in [0.1, 0.15) is 28.9 Å². The second kappa shape index (κ2) is 7.54. The summed E-state index contributed by atoms with van der Waals surface area (Å²) in [5, 5.41) is 7.92. The standard InChI is InChI=1S/C17H20N2O5S/c1-11(12-4-6-16(7-5-12)25(18,21)22)19-17(20)13-8-14(23-2)10-15(9-13)24-3/h4-11H,1-3H3,(H,19,20)(H2,18,21,22). The molecule has 0 saturated carbocycles. The van der Waals surface area contributed by atoms with E-state index in [2.05, 4.69) is 5.32 Å². The summed E-state index contributed by atoms with van der Waals surface area (Å²) in [6.07, 6.45) is 0. The van der Waals surface area contributed by atoms with Crippen LogP contribution in [0.2, 0.25) is 0 Å². The molecule has 3 N–H and O–H groups in total. The summed E-state index contributed by atoms with van der Waals surface area (Å²) in [4.78, 5) is 12.5. The van der Waals surface area contributed by atoms with Crippen molar-refractivity contribution in [2.45, 2.75) is 17.9 Å². The van der Waals surface area contributed by atoms with Crippen molar-refractivity contribution >= 4 is 15.9 Å². The Hall–Kier alpha value is -2.58. The van der Waals surface area contributed by atoms with E-state index < -0.39 is 10.0 Å². The van der Waals surface area contributed by atoms with Crippen LogP contribution in [0.5, 0.6) is 11.5 Å². The number of nitrogens with two attached hydrogens (primary N) is 1. The predicted octanol–water partition coefficient (Wildman–Crippen LogP) is 1.84. The summed E-state index contributed by atoms with van der Waals surface area (Å²) in [5.74, 6) is 0.713. The van der Waals surface area contributed by atoms with Crippen LogP contribution in [-0.2, 0) is 10.0 Å². The molecule has 25 heavy (non-hydrogen) atoms. The Morgan fingerprint density at radius 3 is 2.00 bits per heavy atom. The van der Waals surface area contributed by atoms with Gasteiger partial charge in [0.25, 0.3) is 5.91 Å². The molecule has 0 heterocycles. The Morgan fingerprint density at radius 2 is 1.56 bits per heavy atom.